The number of nitrogens with zero attached hydrogens (tertiary/aromatic N) is 4. The molecule has 2 heterocycles. The Hall–Kier alpha value is -3.55. The summed E-state index contributed by atoms with van der Waals surface area (Å²) >= 11 is 0. The standard InChI is InChI=1S/C21H22N4O4/c1-27-17-12-16(13-18(14-17)28-2)20(26)24-8-10-25(11-9-24)21-23-22-19(29-21)15-6-4-3-5-7-15/h3-7,12-14H,8-11H2,1-2H3. The molecule has 0 atom stereocenters. The van der Waals surface area contributed by atoms with E-state index in [1.54, 1.807) is 37.3 Å². The lowest BCUT2D eigenvalue weighted by Crippen LogP contribution is -2.49. The molecule has 0 aliphatic carbocycles. The normalized spacial score (nSPS) is 14.0. The van der Waals surface area contributed by atoms with Gasteiger partial charge in [-0.15, -0.1) is 5.10 Å². The molecular weight excluding hydrogens is 372 g/mol. The van der Waals surface area contributed by atoms with Gasteiger partial charge in [0.2, 0.25) is 5.89 Å². The first-order valence-corrected chi connectivity index (χ1v) is 9.34. The van der Waals surface area contributed by atoms with Crippen molar-refractivity contribution in [2.45, 2.75) is 0 Å². The topological polar surface area (TPSA) is 80.9 Å². The van der Waals surface area contributed by atoms with Crippen LogP contribution in [0, 0.1) is 0 Å². The van der Waals surface area contributed by atoms with Crippen molar-refractivity contribution in [1.82, 2.24) is 15.1 Å². The molecule has 4 rings (SSSR count). The fourth-order valence-electron chi connectivity index (χ4n) is 3.25. The number of carbonyl (C=O) groups is 1. The summed E-state index contributed by atoms with van der Waals surface area (Å²) in [5.74, 6) is 1.61. The van der Waals surface area contributed by atoms with E-state index in [-0.39, 0.29) is 5.91 Å². The first-order chi connectivity index (χ1) is 14.2. The Balaban J connectivity index is 1.42. The zero-order chi connectivity index (χ0) is 20.2. The molecular formula is C21H22N4O4. The van der Waals surface area contributed by atoms with Gasteiger partial charge in [0.15, 0.2) is 0 Å². The highest BCUT2D eigenvalue weighted by molar-refractivity contribution is 5.95. The minimum absolute atomic E-state index is 0.0580. The van der Waals surface area contributed by atoms with E-state index in [0.29, 0.717) is 55.1 Å². The second kappa shape index (κ2) is 8.22. The van der Waals surface area contributed by atoms with Gasteiger partial charge in [-0.05, 0) is 24.3 Å². The number of rotatable bonds is 5. The highest BCUT2D eigenvalue weighted by atomic mass is 16.5. The van der Waals surface area contributed by atoms with E-state index >= 15 is 0 Å². The quantitative estimate of drug-likeness (QED) is 0.658. The first kappa shape index (κ1) is 18.8. The largest absolute Gasteiger partial charge is 0.497 e. The maximum atomic E-state index is 12.9. The number of methoxy groups -OCH3 is 2. The van der Waals surface area contributed by atoms with Gasteiger partial charge < -0.3 is 23.7 Å². The SMILES string of the molecule is COc1cc(OC)cc(C(=O)N2CCN(c3nnc(-c4ccccc4)o3)CC2)c1. The van der Waals surface area contributed by atoms with Crippen LogP contribution in [0.25, 0.3) is 11.5 Å². The van der Waals surface area contributed by atoms with E-state index in [0.717, 1.165) is 5.56 Å². The van der Waals surface area contributed by atoms with Crippen LogP contribution in [0.5, 0.6) is 11.5 Å². The average Bonchev–Trinajstić information content (AvgIpc) is 3.29. The lowest BCUT2D eigenvalue weighted by Gasteiger charge is -2.33. The minimum atomic E-state index is -0.0580. The number of hydrogen-bond acceptors (Lipinski definition) is 7. The van der Waals surface area contributed by atoms with Gasteiger partial charge >= 0.3 is 6.01 Å². The first-order valence-electron chi connectivity index (χ1n) is 9.34. The van der Waals surface area contributed by atoms with Crippen LogP contribution in [0.4, 0.5) is 6.01 Å². The number of amides is 1. The molecule has 29 heavy (non-hydrogen) atoms. The number of piperazine rings is 1. The van der Waals surface area contributed by atoms with Crippen LogP contribution < -0.4 is 14.4 Å². The van der Waals surface area contributed by atoms with Gasteiger partial charge in [0.1, 0.15) is 11.5 Å². The zero-order valence-electron chi connectivity index (χ0n) is 16.4. The molecule has 2 aromatic carbocycles. The average molecular weight is 394 g/mol. The minimum Gasteiger partial charge on any atom is -0.497 e. The van der Waals surface area contributed by atoms with Crippen LogP contribution in [0.15, 0.2) is 52.9 Å². The molecule has 1 aliphatic heterocycles. The summed E-state index contributed by atoms with van der Waals surface area (Å²) in [5, 5.41) is 8.30. The Morgan fingerprint density at radius 3 is 2.21 bits per heavy atom. The lowest BCUT2D eigenvalue weighted by atomic mass is 10.1. The highest BCUT2D eigenvalue weighted by Crippen LogP contribution is 2.25. The van der Waals surface area contributed by atoms with Gasteiger partial charge in [-0.25, -0.2) is 0 Å². The monoisotopic (exact) mass is 394 g/mol. The van der Waals surface area contributed by atoms with Crippen LogP contribution in [-0.4, -0.2) is 61.4 Å². The number of benzene rings is 2. The second-order valence-corrected chi connectivity index (χ2v) is 6.64. The third-order valence-corrected chi connectivity index (χ3v) is 4.87. The summed E-state index contributed by atoms with van der Waals surface area (Å²) < 4.78 is 16.3. The van der Waals surface area contributed by atoms with Gasteiger partial charge in [-0.1, -0.05) is 23.3 Å². The summed E-state index contributed by atoms with van der Waals surface area (Å²) in [5.41, 5.74) is 1.42. The Labute approximate surface area is 168 Å². The van der Waals surface area contributed by atoms with Crippen LogP contribution in [0.3, 0.4) is 0 Å². The molecule has 0 radical (unpaired) electrons. The van der Waals surface area contributed by atoms with Gasteiger partial charge in [0, 0.05) is 43.4 Å². The van der Waals surface area contributed by atoms with Crippen LogP contribution in [0.1, 0.15) is 10.4 Å². The Morgan fingerprint density at radius 1 is 0.931 bits per heavy atom. The summed E-state index contributed by atoms with van der Waals surface area (Å²) in [6.45, 7) is 2.34. The molecule has 8 heteroatoms. The van der Waals surface area contributed by atoms with Gasteiger partial charge in [0.25, 0.3) is 5.91 Å². The Morgan fingerprint density at radius 2 is 1.59 bits per heavy atom. The van der Waals surface area contributed by atoms with Gasteiger partial charge in [0.05, 0.1) is 14.2 Å². The van der Waals surface area contributed by atoms with E-state index in [1.165, 1.54) is 0 Å². The van der Waals surface area contributed by atoms with Crippen molar-refractivity contribution in [2.24, 2.45) is 0 Å². The third-order valence-electron chi connectivity index (χ3n) is 4.87. The fraction of sp³-hybridized carbons (Fsp3) is 0.286. The van der Waals surface area contributed by atoms with Crippen LogP contribution in [0.2, 0.25) is 0 Å². The number of hydrogen-bond donors (Lipinski definition) is 0. The van der Waals surface area contributed by atoms with E-state index < -0.39 is 0 Å². The van der Waals surface area contributed by atoms with Crippen molar-refractivity contribution in [3.8, 4) is 23.0 Å². The molecule has 1 saturated heterocycles. The van der Waals surface area contributed by atoms with E-state index in [4.69, 9.17) is 13.9 Å². The molecule has 1 amide bonds. The van der Waals surface area contributed by atoms with E-state index in [1.807, 2.05) is 35.2 Å². The van der Waals surface area contributed by atoms with Crippen molar-refractivity contribution in [1.29, 1.82) is 0 Å². The molecule has 1 fully saturated rings. The van der Waals surface area contributed by atoms with Gasteiger partial charge in [-0.2, -0.15) is 0 Å². The number of aromatic nitrogens is 2. The van der Waals surface area contributed by atoms with Gasteiger partial charge in [-0.3, -0.25) is 4.79 Å². The summed E-state index contributed by atoms with van der Waals surface area (Å²) in [6, 6.07) is 15.3. The molecule has 0 bridgehead atoms. The molecule has 8 nitrogen and oxygen atoms in total. The zero-order valence-corrected chi connectivity index (χ0v) is 16.4. The Kier molecular flexibility index (Phi) is 5.33. The second-order valence-electron chi connectivity index (χ2n) is 6.64. The van der Waals surface area contributed by atoms with Crippen molar-refractivity contribution < 1.29 is 18.7 Å². The molecule has 0 spiro atoms. The predicted octanol–water partition coefficient (Wildman–Crippen LogP) is 2.72. The van der Waals surface area contributed by atoms with E-state index in [2.05, 4.69) is 10.2 Å². The Bertz CT molecular complexity index is 959. The molecule has 0 saturated carbocycles. The van der Waals surface area contributed by atoms with Crippen LogP contribution >= 0.6 is 0 Å². The van der Waals surface area contributed by atoms with Crippen LogP contribution in [-0.2, 0) is 0 Å². The molecule has 1 aromatic heterocycles. The predicted molar refractivity (Wildman–Crippen MR) is 107 cm³/mol. The number of carbonyl (C=O) groups excluding carboxylic acids is 1. The molecule has 1 aliphatic rings. The van der Waals surface area contributed by atoms with Crippen molar-refractivity contribution in [3.63, 3.8) is 0 Å². The number of ether oxygens (including phenoxy) is 2. The van der Waals surface area contributed by atoms with Crippen molar-refractivity contribution in [2.75, 3.05) is 45.3 Å². The van der Waals surface area contributed by atoms with Crippen molar-refractivity contribution in [3.05, 3.63) is 54.1 Å². The summed E-state index contributed by atoms with van der Waals surface area (Å²) in [4.78, 5) is 16.7. The smallest absolute Gasteiger partial charge is 0.318 e. The maximum absolute atomic E-state index is 12.9. The van der Waals surface area contributed by atoms with E-state index in [9.17, 15) is 4.79 Å². The molecule has 0 N–H and O–H groups in total. The van der Waals surface area contributed by atoms with Crippen molar-refractivity contribution >= 4 is 11.9 Å². The molecule has 3 aromatic rings. The summed E-state index contributed by atoms with van der Waals surface area (Å²) in [7, 11) is 3.13. The fourth-order valence-corrected chi connectivity index (χ4v) is 3.25. The molecule has 0 unspecified atom stereocenters. The summed E-state index contributed by atoms with van der Waals surface area (Å²) in [6.07, 6.45) is 0. The molecule has 150 valence electrons. The maximum Gasteiger partial charge on any atom is 0.318 e. The highest BCUT2D eigenvalue weighted by Gasteiger charge is 2.25. The lowest BCUT2D eigenvalue weighted by molar-refractivity contribution is 0.0744. The number of anilines is 1. The third kappa shape index (κ3) is 4.01.